The van der Waals surface area contributed by atoms with Crippen molar-refractivity contribution in [3.63, 3.8) is 0 Å². The monoisotopic (exact) mass is 262 g/mol. The molecule has 1 rings (SSSR count). The Kier molecular flexibility index (Phi) is 5.19. The second kappa shape index (κ2) is 6.20. The zero-order chi connectivity index (χ0) is 12.9. The Morgan fingerprint density at radius 1 is 1.18 bits per heavy atom. The van der Waals surface area contributed by atoms with Crippen LogP contribution in [0.25, 0.3) is 0 Å². The Morgan fingerprint density at radius 2 is 1.82 bits per heavy atom. The highest BCUT2D eigenvalue weighted by atomic mass is 28.4. The first-order valence-corrected chi connectivity index (χ1v) is 7.18. The summed E-state index contributed by atoms with van der Waals surface area (Å²) in [6, 6.07) is 3.60. The Labute approximate surface area is 101 Å². The second-order valence-electron chi connectivity index (χ2n) is 3.44. The summed E-state index contributed by atoms with van der Waals surface area (Å²) in [6.45, 7) is 2.22. The summed E-state index contributed by atoms with van der Waals surface area (Å²) < 4.78 is 42.2. The summed E-state index contributed by atoms with van der Waals surface area (Å²) in [5, 5.41) is 0. The summed E-state index contributed by atoms with van der Waals surface area (Å²) in [5.41, 5.74) is 0.329. The van der Waals surface area contributed by atoms with Crippen LogP contribution < -0.4 is 0 Å². The molecule has 0 amide bonds. The van der Waals surface area contributed by atoms with Crippen LogP contribution in [0.3, 0.4) is 0 Å². The van der Waals surface area contributed by atoms with Crippen molar-refractivity contribution in [3.05, 3.63) is 35.4 Å². The minimum atomic E-state index is -2.90. The molecule has 0 aliphatic rings. The molecule has 17 heavy (non-hydrogen) atoms. The largest absolute Gasteiger partial charge is 0.505 e. The van der Waals surface area contributed by atoms with E-state index < -0.39 is 20.4 Å². The van der Waals surface area contributed by atoms with Gasteiger partial charge in [0.2, 0.25) is 0 Å². The van der Waals surface area contributed by atoms with Crippen LogP contribution in [0.2, 0.25) is 0 Å². The van der Waals surface area contributed by atoms with Crippen LogP contribution in [0.1, 0.15) is 12.5 Å². The van der Waals surface area contributed by atoms with Gasteiger partial charge < -0.3 is 13.3 Å². The van der Waals surface area contributed by atoms with Gasteiger partial charge in [0.05, 0.1) is 0 Å². The highest BCUT2D eigenvalue weighted by Gasteiger charge is 2.39. The van der Waals surface area contributed by atoms with Crippen molar-refractivity contribution in [2.45, 2.75) is 13.0 Å². The number of hydrogen-bond donors (Lipinski definition) is 0. The molecule has 0 aliphatic heterocycles. The molecule has 0 saturated heterocycles. The van der Waals surface area contributed by atoms with Crippen LogP contribution in [-0.4, -0.2) is 29.6 Å². The molecule has 0 aliphatic carbocycles. The molecule has 0 bridgehead atoms. The normalized spacial score (nSPS) is 11.8. The quantitative estimate of drug-likeness (QED) is 0.736. The number of halogens is 2. The van der Waals surface area contributed by atoms with Gasteiger partial charge in [-0.25, -0.2) is 8.78 Å². The van der Waals surface area contributed by atoms with E-state index in [4.69, 9.17) is 13.3 Å². The molecule has 0 unspecified atom stereocenters. The van der Waals surface area contributed by atoms with Crippen molar-refractivity contribution in [2.75, 3.05) is 20.8 Å². The van der Waals surface area contributed by atoms with E-state index in [0.29, 0.717) is 12.2 Å². The first-order valence-electron chi connectivity index (χ1n) is 5.25. The van der Waals surface area contributed by atoms with E-state index in [1.807, 2.05) is 0 Å². The molecule has 96 valence electrons. The Balaban J connectivity index is 2.92. The lowest BCUT2D eigenvalue weighted by atomic mass is 10.2. The van der Waals surface area contributed by atoms with Gasteiger partial charge in [-0.1, -0.05) is 6.07 Å². The van der Waals surface area contributed by atoms with Gasteiger partial charge in [0, 0.05) is 32.9 Å². The third-order valence-electron chi connectivity index (χ3n) is 2.41. The van der Waals surface area contributed by atoms with Gasteiger partial charge in [0.15, 0.2) is 0 Å². The van der Waals surface area contributed by atoms with Crippen LogP contribution >= 0.6 is 0 Å². The minimum Gasteiger partial charge on any atom is -0.377 e. The Bertz CT molecular complexity index is 370. The van der Waals surface area contributed by atoms with Crippen LogP contribution in [0, 0.1) is 11.6 Å². The van der Waals surface area contributed by atoms with Crippen molar-refractivity contribution in [1.82, 2.24) is 0 Å². The Hall–Kier alpha value is -0.823. The molecule has 0 spiro atoms. The molecule has 0 saturated carbocycles. The van der Waals surface area contributed by atoms with Crippen molar-refractivity contribution in [3.8, 4) is 0 Å². The predicted molar refractivity (Wildman–Crippen MR) is 61.5 cm³/mol. The van der Waals surface area contributed by atoms with Gasteiger partial charge in [0.25, 0.3) is 0 Å². The summed E-state index contributed by atoms with van der Waals surface area (Å²) >= 11 is 0. The van der Waals surface area contributed by atoms with Gasteiger partial charge in [-0.15, -0.1) is 0 Å². The van der Waals surface area contributed by atoms with Crippen molar-refractivity contribution >= 4 is 8.80 Å². The van der Waals surface area contributed by atoms with E-state index in [2.05, 4.69) is 0 Å². The maximum Gasteiger partial charge on any atom is 0.505 e. The molecule has 3 nitrogen and oxygen atoms in total. The van der Waals surface area contributed by atoms with E-state index in [1.165, 1.54) is 26.4 Å². The molecule has 0 atom stereocenters. The van der Waals surface area contributed by atoms with Crippen LogP contribution in [0.4, 0.5) is 8.78 Å². The zero-order valence-electron chi connectivity index (χ0n) is 10.1. The third kappa shape index (κ3) is 3.57. The average molecular weight is 262 g/mol. The van der Waals surface area contributed by atoms with Gasteiger partial charge in [-0.2, -0.15) is 0 Å². The lowest BCUT2D eigenvalue weighted by Crippen LogP contribution is -2.46. The van der Waals surface area contributed by atoms with Crippen molar-refractivity contribution in [1.29, 1.82) is 0 Å². The topological polar surface area (TPSA) is 27.7 Å². The Morgan fingerprint density at radius 3 is 2.29 bits per heavy atom. The fourth-order valence-electron chi connectivity index (χ4n) is 1.51. The van der Waals surface area contributed by atoms with Crippen molar-refractivity contribution in [2.24, 2.45) is 0 Å². The van der Waals surface area contributed by atoms with Gasteiger partial charge in [0.1, 0.15) is 11.6 Å². The highest BCUT2D eigenvalue weighted by Crippen LogP contribution is 2.18. The molecule has 1 aromatic rings. The van der Waals surface area contributed by atoms with Crippen LogP contribution in [0.15, 0.2) is 18.2 Å². The maximum atomic E-state index is 13.5. The molecule has 0 N–H and O–H groups in total. The SMILES string of the molecule is CCO[Si](Cc1ccc(F)cc1F)(OC)OC. The lowest BCUT2D eigenvalue weighted by molar-refractivity contribution is 0.103. The van der Waals surface area contributed by atoms with Gasteiger partial charge in [-0.3, -0.25) is 0 Å². The number of rotatable bonds is 6. The lowest BCUT2D eigenvalue weighted by Gasteiger charge is -2.25. The molecule has 0 aromatic heterocycles. The highest BCUT2D eigenvalue weighted by molar-refractivity contribution is 6.60. The average Bonchev–Trinajstić information content (AvgIpc) is 2.32. The van der Waals surface area contributed by atoms with Crippen LogP contribution in [-0.2, 0) is 19.3 Å². The van der Waals surface area contributed by atoms with E-state index in [9.17, 15) is 8.78 Å². The summed E-state index contributed by atoms with van der Waals surface area (Å²) in [5.74, 6) is -1.22. The van der Waals surface area contributed by atoms with Gasteiger partial charge >= 0.3 is 8.80 Å². The second-order valence-corrected chi connectivity index (χ2v) is 6.26. The fourth-order valence-corrected chi connectivity index (χ4v) is 3.50. The molecular weight excluding hydrogens is 246 g/mol. The van der Waals surface area contributed by atoms with Crippen molar-refractivity contribution < 1.29 is 22.1 Å². The van der Waals surface area contributed by atoms with E-state index >= 15 is 0 Å². The number of hydrogen-bond acceptors (Lipinski definition) is 3. The molecule has 1 aromatic carbocycles. The molecular formula is C11H16F2O3Si. The first kappa shape index (κ1) is 14.2. The predicted octanol–water partition coefficient (Wildman–Crippen LogP) is 2.31. The molecule has 0 fully saturated rings. The standard InChI is InChI=1S/C11H16F2O3Si/c1-4-16-17(14-2,15-3)8-9-5-6-10(12)7-11(9)13/h5-7H,4,8H2,1-3H3. The first-order chi connectivity index (χ1) is 8.06. The smallest absolute Gasteiger partial charge is 0.377 e. The third-order valence-corrected chi connectivity index (χ3v) is 5.19. The van der Waals surface area contributed by atoms with E-state index in [1.54, 1.807) is 6.92 Å². The van der Waals surface area contributed by atoms with Crippen LogP contribution in [0.5, 0.6) is 0 Å². The van der Waals surface area contributed by atoms with Gasteiger partial charge in [-0.05, 0) is 18.6 Å². The minimum absolute atomic E-state index is 0.181. The number of benzene rings is 1. The fraction of sp³-hybridized carbons (Fsp3) is 0.455. The van der Waals surface area contributed by atoms with E-state index in [0.717, 1.165) is 6.07 Å². The maximum absolute atomic E-state index is 13.5. The zero-order valence-corrected chi connectivity index (χ0v) is 11.1. The molecule has 0 radical (unpaired) electrons. The summed E-state index contributed by atoms with van der Waals surface area (Å²) in [4.78, 5) is 0. The molecule has 0 heterocycles. The summed E-state index contributed by atoms with van der Waals surface area (Å²) in [7, 11) is 0.0347. The molecule has 6 heteroatoms. The van der Waals surface area contributed by atoms with E-state index in [-0.39, 0.29) is 6.04 Å². The summed E-state index contributed by atoms with van der Waals surface area (Å²) in [6.07, 6.45) is 0.